The van der Waals surface area contributed by atoms with Gasteiger partial charge in [-0.05, 0) is 11.8 Å². The Balaban J connectivity index is 2.07. The average molecular weight is 367 g/mol. The molecule has 0 bridgehead atoms. The molecule has 0 spiro atoms. The molecule has 0 aliphatic carbocycles. The van der Waals surface area contributed by atoms with E-state index in [9.17, 15) is 14.4 Å². The molecule has 0 aromatic carbocycles. The van der Waals surface area contributed by atoms with Crippen molar-refractivity contribution in [2.75, 3.05) is 5.32 Å². The van der Waals surface area contributed by atoms with Crippen LogP contribution in [0.4, 0.5) is 5.13 Å². The molecule has 0 aliphatic heterocycles. The van der Waals surface area contributed by atoms with Crippen molar-refractivity contribution in [3.63, 3.8) is 0 Å². The van der Waals surface area contributed by atoms with Crippen molar-refractivity contribution in [1.82, 2.24) is 28.9 Å². The van der Waals surface area contributed by atoms with Crippen molar-refractivity contribution in [3.8, 4) is 0 Å². The minimum absolute atomic E-state index is 0.232. The molecular formula is C12H13N7O3S2. The summed E-state index contributed by atoms with van der Waals surface area (Å²) < 4.78 is 4.53. The van der Waals surface area contributed by atoms with Crippen LogP contribution in [0.15, 0.2) is 19.1 Å². The fourth-order valence-corrected chi connectivity index (χ4v) is 3.87. The highest BCUT2D eigenvalue weighted by atomic mass is 32.2. The van der Waals surface area contributed by atoms with Crippen molar-refractivity contribution in [2.24, 2.45) is 21.1 Å². The topological polar surface area (TPSA) is 117 Å². The molecule has 126 valence electrons. The van der Waals surface area contributed by atoms with E-state index >= 15 is 0 Å². The van der Waals surface area contributed by atoms with Gasteiger partial charge in [0.15, 0.2) is 20.7 Å². The molecular weight excluding hydrogens is 354 g/mol. The molecule has 3 rings (SSSR count). The lowest BCUT2D eigenvalue weighted by Gasteiger charge is -2.03. The van der Waals surface area contributed by atoms with Crippen LogP contribution in [0.1, 0.15) is 6.92 Å². The molecule has 10 nitrogen and oxygen atoms in total. The molecule has 0 atom stereocenters. The number of amides is 1. The average Bonchev–Trinajstić information content (AvgIpc) is 3.08. The number of fused-ring (bicyclic) bond motifs is 1. The van der Waals surface area contributed by atoms with Crippen molar-refractivity contribution in [1.29, 1.82) is 0 Å². The first kappa shape index (κ1) is 16.4. The summed E-state index contributed by atoms with van der Waals surface area (Å²) in [7, 11) is 4.68. The zero-order valence-corrected chi connectivity index (χ0v) is 14.9. The number of carbonyl (C=O) groups is 1. The van der Waals surface area contributed by atoms with E-state index in [1.54, 1.807) is 18.7 Å². The van der Waals surface area contributed by atoms with Crippen molar-refractivity contribution >= 4 is 45.3 Å². The Morgan fingerprint density at radius 2 is 1.83 bits per heavy atom. The number of aryl methyl sites for hydroxylation is 2. The van der Waals surface area contributed by atoms with Gasteiger partial charge in [-0.15, -0.1) is 10.2 Å². The highest BCUT2D eigenvalue weighted by Crippen LogP contribution is 2.32. The Labute approximate surface area is 143 Å². The summed E-state index contributed by atoms with van der Waals surface area (Å²) >= 11 is 2.39. The Bertz CT molecular complexity index is 1070. The molecule has 0 saturated heterocycles. The summed E-state index contributed by atoms with van der Waals surface area (Å²) in [5.41, 5.74) is -0.217. The lowest BCUT2D eigenvalue weighted by Crippen LogP contribution is -2.37. The first-order valence-electron chi connectivity index (χ1n) is 6.71. The standard InChI is InChI=1S/C12H13N7O3S2/c1-5(20)13-9-15-16-11(23-9)24-10-14-7-6(17(10)2)8(21)19(4)12(22)18(7)3/h1-4H3,(H,13,15,20). The van der Waals surface area contributed by atoms with Crippen LogP contribution in [0, 0.1) is 0 Å². The molecule has 0 radical (unpaired) electrons. The van der Waals surface area contributed by atoms with Gasteiger partial charge in [0, 0.05) is 28.1 Å². The second-order valence-corrected chi connectivity index (χ2v) is 7.18. The Morgan fingerprint density at radius 3 is 2.50 bits per heavy atom. The van der Waals surface area contributed by atoms with Gasteiger partial charge in [-0.2, -0.15) is 0 Å². The maximum Gasteiger partial charge on any atom is 0.332 e. The molecule has 24 heavy (non-hydrogen) atoms. The number of hydrogen-bond donors (Lipinski definition) is 1. The zero-order valence-electron chi connectivity index (χ0n) is 13.2. The molecule has 3 aromatic rings. The molecule has 12 heteroatoms. The second-order valence-electron chi connectivity index (χ2n) is 4.99. The Kier molecular flexibility index (Phi) is 4.01. The molecule has 0 saturated carbocycles. The minimum atomic E-state index is -0.439. The molecule has 0 unspecified atom stereocenters. The fraction of sp³-hybridized carbons (Fsp3) is 0.333. The van der Waals surface area contributed by atoms with Crippen molar-refractivity contribution < 1.29 is 4.79 Å². The quantitative estimate of drug-likeness (QED) is 0.644. The van der Waals surface area contributed by atoms with Crippen molar-refractivity contribution in [3.05, 3.63) is 20.8 Å². The van der Waals surface area contributed by atoms with E-state index in [-0.39, 0.29) is 5.91 Å². The highest BCUT2D eigenvalue weighted by Gasteiger charge is 2.19. The van der Waals surface area contributed by atoms with E-state index in [2.05, 4.69) is 20.5 Å². The third-order valence-electron chi connectivity index (χ3n) is 3.30. The zero-order chi connectivity index (χ0) is 17.6. The van der Waals surface area contributed by atoms with Gasteiger partial charge in [-0.25, -0.2) is 9.78 Å². The summed E-state index contributed by atoms with van der Waals surface area (Å²) in [5, 5.41) is 11.3. The number of aromatic nitrogens is 6. The summed E-state index contributed by atoms with van der Waals surface area (Å²) in [5.74, 6) is -0.232. The van der Waals surface area contributed by atoms with Crippen LogP contribution < -0.4 is 16.6 Å². The van der Waals surface area contributed by atoms with E-state index in [1.807, 2.05) is 0 Å². The number of nitrogens with zero attached hydrogens (tertiary/aromatic N) is 6. The van der Waals surface area contributed by atoms with E-state index < -0.39 is 11.2 Å². The third kappa shape index (κ3) is 2.63. The molecule has 0 aliphatic rings. The predicted octanol–water partition coefficient (Wildman–Crippen LogP) is -0.0682. The molecule has 1 amide bonds. The van der Waals surface area contributed by atoms with Gasteiger partial charge >= 0.3 is 5.69 Å². The minimum Gasteiger partial charge on any atom is -0.316 e. The maximum atomic E-state index is 12.3. The van der Waals surface area contributed by atoms with Crippen LogP contribution in [-0.2, 0) is 25.9 Å². The summed E-state index contributed by atoms with van der Waals surface area (Å²) in [6.07, 6.45) is 0. The van der Waals surface area contributed by atoms with Gasteiger partial charge < -0.3 is 9.88 Å². The largest absolute Gasteiger partial charge is 0.332 e. The van der Waals surface area contributed by atoms with Crippen molar-refractivity contribution in [2.45, 2.75) is 16.4 Å². The van der Waals surface area contributed by atoms with Crippen LogP contribution in [0.5, 0.6) is 0 Å². The number of hydrogen-bond acceptors (Lipinski definition) is 8. The fourth-order valence-electron chi connectivity index (χ4n) is 2.12. The summed E-state index contributed by atoms with van der Waals surface area (Å²) in [6.45, 7) is 1.38. The van der Waals surface area contributed by atoms with Gasteiger partial charge in [0.2, 0.25) is 11.0 Å². The first-order valence-corrected chi connectivity index (χ1v) is 8.34. The summed E-state index contributed by atoms with van der Waals surface area (Å²) in [4.78, 5) is 39.7. The number of anilines is 1. The van der Waals surface area contributed by atoms with E-state index in [0.29, 0.717) is 25.8 Å². The van der Waals surface area contributed by atoms with Gasteiger partial charge in [-0.1, -0.05) is 11.3 Å². The number of rotatable bonds is 3. The molecule has 3 aromatic heterocycles. The van der Waals surface area contributed by atoms with Gasteiger partial charge in [0.1, 0.15) is 0 Å². The van der Waals surface area contributed by atoms with Crippen LogP contribution in [0.25, 0.3) is 11.2 Å². The highest BCUT2D eigenvalue weighted by molar-refractivity contribution is 8.01. The van der Waals surface area contributed by atoms with Crippen LogP contribution in [0.3, 0.4) is 0 Å². The van der Waals surface area contributed by atoms with E-state index in [1.165, 1.54) is 41.6 Å². The van der Waals surface area contributed by atoms with E-state index in [0.717, 1.165) is 4.57 Å². The molecule has 3 heterocycles. The first-order chi connectivity index (χ1) is 11.3. The van der Waals surface area contributed by atoms with Crippen LogP contribution in [-0.4, -0.2) is 34.8 Å². The van der Waals surface area contributed by atoms with E-state index in [4.69, 9.17) is 0 Å². The third-order valence-corrected chi connectivity index (χ3v) is 5.24. The second kappa shape index (κ2) is 5.87. The number of nitrogens with one attached hydrogen (secondary N) is 1. The van der Waals surface area contributed by atoms with Crippen LogP contribution >= 0.6 is 23.1 Å². The Hall–Kier alpha value is -2.47. The monoisotopic (exact) mass is 367 g/mol. The lowest BCUT2D eigenvalue weighted by molar-refractivity contribution is -0.114. The molecule has 0 fully saturated rings. The number of imidazole rings is 1. The van der Waals surface area contributed by atoms with Gasteiger partial charge in [0.25, 0.3) is 5.56 Å². The smallest absolute Gasteiger partial charge is 0.316 e. The SMILES string of the molecule is CC(=O)Nc1nnc(Sc2nc3c(c(=O)n(C)c(=O)n3C)n2C)s1. The normalized spacial score (nSPS) is 11.2. The number of carbonyl (C=O) groups excluding carboxylic acids is 1. The van der Waals surface area contributed by atoms with Gasteiger partial charge in [-0.3, -0.25) is 18.7 Å². The predicted molar refractivity (Wildman–Crippen MR) is 89.5 cm³/mol. The lowest BCUT2D eigenvalue weighted by atomic mass is 10.5. The Morgan fingerprint density at radius 1 is 1.12 bits per heavy atom. The maximum absolute atomic E-state index is 12.3. The van der Waals surface area contributed by atoms with Gasteiger partial charge in [0.05, 0.1) is 0 Å². The molecule has 1 N–H and O–H groups in total. The van der Waals surface area contributed by atoms with Crippen LogP contribution in [0.2, 0.25) is 0 Å². The summed E-state index contributed by atoms with van der Waals surface area (Å²) in [6, 6.07) is 0.